The highest BCUT2D eigenvalue weighted by molar-refractivity contribution is 5.96. The van der Waals surface area contributed by atoms with Crippen molar-refractivity contribution in [3.05, 3.63) is 144 Å². The fourth-order valence-corrected chi connectivity index (χ4v) is 6.32. The monoisotopic (exact) mass is 589 g/mol. The second-order valence-corrected chi connectivity index (χ2v) is 11.5. The molecule has 0 aliphatic carbocycles. The highest BCUT2D eigenvalue weighted by atomic mass is 16.5. The Bertz CT molecular complexity index is 1460. The van der Waals surface area contributed by atoms with E-state index in [9.17, 15) is 14.4 Å². The van der Waals surface area contributed by atoms with Crippen LogP contribution in [0.25, 0.3) is 0 Å². The van der Waals surface area contributed by atoms with Gasteiger partial charge in [-0.15, -0.1) is 0 Å². The van der Waals surface area contributed by atoms with Gasteiger partial charge in [0, 0.05) is 26.3 Å². The summed E-state index contributed by atoms with van der Waals surface area (Å²) in [4.78, 5) is 45.4. The largest absolute Gasteiger partial charge is 0.467 e. The highest BCUT2D eigenvalue weighted by Gasteiger charge is 2.47. The van der Waals surface area contributed by atoms with Gasteiger partial charge in [-0.3, -0.25) is 9.59 Å². The molecule has 1 fully saturated rings. The Hall–Kier alpha value is -4.91. The van der Waals surface area contributed by atoms with Gasteiger partial charge in [-0.05, 0) is 34.8 Å². The fraction of sp³-hybridized carbons (Fsp3) is 0.270. The Kier molecular flexibility index (Phi) is 9.14. The maximum atomic E-state index is 14.4. The van der Waals surface area contributed by atoms with Gasteiger partial charge >= 0.3 is 5.97 Å². The van der Waals surface area contributed by atoms with Gasteiger partial charge in [0.2, 0.25) is 5.91 Å². The summed E-state index contributed by atoms with van der Waals surface area (Å²) in [6.07, 6.45) is 9.53. The Balaban J connectivity index is 1.51. The molecule has 3 aromatic carbocycles. The predicted molar refractivity (Wildman–Crippen MR) is 171 cm³/mol. The van der Waals surface area contributed by atoms with Crippen molar-refractivity contribution >= 4 is 17.8 Å². The Morgan fingerprint density at radius 3 is 1.75 bits per heavy atom. The third kappa shape index (κ3) is 5.57. The van der Waals surface area contributed by atoms with Crippen LogP contribution in [0.15, 0.2) is 127 Å². The number of ether oxygens (including phenoxy) is 1. The van der Waals surface area contributed by atoms with Gasteiger partial charge in [-0.2, -0.15) is 0 Å². The first-order valence-corrected chi connectivity index (χ1v) is 15.0. The summed E-state index contributed by atoms with van der Waals surface area (Å²) >= 11 is 0. The Morgan fingerprint density at radius 1 is 0.795 bits per heavy atom. The van der Waals surface area contributed by atoms with E-state index in [4.69, 9.17) is 4.74 Å². The fourth-order valence-electron chi connectivity index (χ4n) is 6.32. The van der Waals surface area contributed by atoms with Crippen LogP contribution in [0, 0.1) is 11.8 Å². The lowest BCUT2D eigenvalue weighted by Crippen LogP contribution is -2.60. The molecule has 0 saturated carbocycles. The van der Waals surface area contributed by atoms with Crippen LogP contribution < -0.4 is 0 Å². The molecule has 1 saturated heterocycles. The van der Waals surface area contributed by atoms with Crippen LogP contribution in [0.3, 0.4) is 0 Å². The van der Waals surface area contributed by atoms with Crippen LogP contribution in [0.4, 0.5) is 0 Å². The van der Waals surface area contributed by atoms with E-state index in [1.807, 2.05) is 98.9 Å². The first-order valence-electron chi connectivity index (χ1n) is 15.0. The maximum Gasteiger partial charge on any atom is 0.328 e. The Morgan fingerprint density at radius 2 is 1.30 bits per heavy atom. The standard InChI is InChI=1S/C37H39N3O4/c1-27(2)33(36(43)44-4)38(3)34(41)28-25-39(26-28)35(42)32-23-15-8-16-24-40(32)37(29-17-9-5-10-18-29,30-19-11-6-12-20-30)31-21-13-7-14-22-31/h5-24,27-28,33H,25-26H2,1-4H3/t33-/m0/s1. The number of methoxy groups -OCH3 is 1. The minimum Gasteiger partial charge on any atom is -0.467 e. The lowest BCUT2D eigenvalue weighted by Gasteiger charge is -2.48. The zero-order valence-electron chi connectivity index (χ0n) is 25.7. The molecule has 7 nitrogen and oxygen atoms in total. The van der Waals surface area contributed by atoms with Crippen LogP contribution in [-0.4, -0.2) is 65.8 Å². The zero-order chi connectivity index (χ0) is 31.3. The average Bonchev–Trinajstić information content (AvgIpc) is 3.28. The summed E-state index contributed by atoms with van der Waals surface area (Å²) in [5, 5.41) is 0. The summed E-state index contributed by atoms with van der Waals surface area (Å²) < 4.78 is 4.96. The number of hydrogen-bond donors (Lipinski definition) is 0. The van der Waals surface area contributed by atoms with Gasteiger partial charge in [-0.25, -0.2) is 4.79 Å². The number of allylic oxidation sites excluding steroid dienone is 4. The van der Waals surface area contributed by atoms with Crippen molar-refractivity contribution in [1.29, 1.82) is 0 Å². The second kappa shape index (κ2) is 13.2. The summed E-state index contributed by atoms with van der Waals surface area (Å²) in [7, 11) is 2.96. The normalized spacial score (nSPS) is 15.7. The molecular weight excluding hydrogens is 550 g/mol. The topological polar surface area (TPSA) is 70.2 Å². The zero-order valence-corrected chi connectivity index (χ0v) is 25.7. The molecule has 0 bridgehead atoms. The van der Waals surface area contributed by atoms with E-state index >= 15 is 0 Å². The summed E-state index contributed by atoms with van der Waals surface area (Å²) in [5.41, 5.74) is 2.62. The van der Waals surface area contributed by atoms with Crippen molar-refractivity contribution in [2.24, 2.45) is 11.8 Å². The molecule has 2 amide bonds. The van der Waals surface area contributed by atoms with E-state index in [2.05, 4.69) is 41.3 Å². The molecule has 0 spiro atoms. The number of likely N-dealkylation sites (tertiary alicyclic amines) is 1. The number of nitrogens with zero attached hydrogens (tertiary/aromatic N) is 3. The first-order chi connectivity index (χ1) is 21.3. The molecule has 2 heterocycles. The minimum atomic E-state index is -0.876. The number of hydrogen-bond acceptors (Lipinski definition) is 5. The summed E-state index contributed by atoms with van der Waals surface area (Å²) in [6, 6.07) is 29.9. The van der Waals surface area contributed by atoms with Crippen molar-refractivity contribution in [2.45, 2.75) is 25.4 Å². The van der Waals surface area contributed by atoms with E-state index in [1.165, 1.54) is 12.0 Å². The van der Waals surface area contributed by atoms with Gasteiger partial charge in [0.25, 0.3) is 5.91 Å². The van der Waals surface area contributed by atoms with Crippen LogP contribution >= 0.6 is 0 Å². The third-order valence-electron chi connectivity index (χ3n) is 8.48. The quantitative estimate of drug-likeness (QED) is 0.248. The van der Waals surface area contributed by atoms with E-state index < -0.39 is 23.5 Å². The van der Waals surface area contributed by atoms with Gasteiger partial charge in [0.1, 0.15) is 17.3 Å². The predicted octanol–water partition coefficient (Wildman–Crippen LogP) is 5.36. The molecular formula is C37H39N3O4. The van der Waals surface area contributed by atoms with Crippen molar-refractivity contribution < 1.29 is 19.1 Å². The average molecular weight is 590 g/mol. The molecule has 0 N–H and O–H groups in total. The maximum absolute atomic E-state index is 14.4. The summed E-state index contributed by atoms with van der Waals surface area (Å²) in [6.45, 7) is 4.30. The van der Waals surface area contributed by atoms with Crippen LogP contribution in [-0.2, 0) is 24.7 Å². The molecule has 0 aromatic heterocycles. The molecule has 3 aromatic rings. The van der Waals surface area contributed by atoms with Gasteiger partial charge in [-0.1, -0.05) is 117 Å². The Labute approximate surface area is 259 Å². The SMILES string of the molecule is COC(=O)[C@H](C(C)C)N(C)C(=O)C1CN(C(=O)C2=CC=CC=CN2C(c2ccccc2)(c2ccccc2)c2ccccc2)C1. The van der Waals surface area contributed by atoms with Crippen molar-refractivity contribution in [2.75, 3.05) is 27.2 Å². The molecule has 226 valence electrons. The van der Waals surface area contributed by atoms with Gasteiger partial charge < -0.3 is 19.4 Å². The molecule has 44 heavy (non-hydrogen) atoms. The molecule has 0 unspecified atom stereocenters. The minimum absolute atomic E-state index is 0.112. The smallest absolute Gasteiger partial charge is 0.328 e. The molecule has 5 rings (SSSR count). The number of benzene rings is 3. The number of carbonyl (C=O) groups is 3. The van der Waals surface area contributed by atoms with Gasteiger partial charge in [0.15, 0.2) is 0 Å². The molecule has 2 aliphatic rings. The highest BCUT2D eigenvalue weighted by Crippen LogP contribution is 2.45. The summed E-state index contributed by atoms with van der Waals surface area (Å²) in [5.74, 6) is -1.30. The number of esters is 1. The van der Waals surface area contributed by atoms with Gasteiger partial charge in [0.05, 0.1) is 13.0 Å². The van der Waals surface area contributed by atoms with Crippen LogP contribution in [0.2, 0.25) is 0 Å². The van der Waals surface area contributed by atoms with E-state index in [0.29, 0.717) is 5.70 Å². The number of likely N-dealkylation sites (N-methyl/N-ethyl adjacent to an activating group) is 1. The number of rotatable bonds is 9. The van der Waals surface area contributed by atoms with E-state index in [1.54, 1.807) is 11.9 Å². The van der Waals surface area contributed by atoms with Crippen LogP contribution in [0.1, 0.15) is 30.5 Å². The second-order valence-electron chi connectivity index (χ2n) is 11.5. The lowest BCUT2D eigenvalue weighted by atomic mass is 9.75. The van der Waals surface area contributed by atoms with E-state index in [0.717, 1.165) is 16.7 Å². The third-order valence-corrected chi connectivity index (χ3v) is 8.48. The molecule has 0 radical (unpaired) electrons. The van der Waals surface area contributed by atoms with E-state index in [-0.39, 0.29) is 30.8 Å². The number of carbonyl (C=O) groups excluding carboxylic acids is 3. The first kappa shape index (κ1) is 30.5. The van der Waals surface area contributed by atoms with Crippen LogP contribution in [0.5, 0.6) is 0 Å². The molecule has 1 atom stereocenters. The van der Waals surface area contributed by atoms with Crippen molar-refractivity contribution in [1.82, 2.24) is 14.7 Å². The number of amides is 2. The molecule has 2 aliphatic heterocycles. The lowest BCUT2D eigenvalue weighted by molar-refractivity contribution is -0.159. The van der Waals surface area contributed by atoms with Crippen molar-refractivity contribution in [3.8, 4) is 0 Å². The molecule has 7 heteroatoms. The van der Waals surface area contributed by atoms with Crippen molar-refractivity contribution in [3.63, 3.8) is 0 Å².